The number of aryl methyl sites for hydroxylation is 1. The maximum Gasteiger partial charge on any atom is 0.128 e. The van der Waals surface area contributed by atoms with E-state index in [1.165, 1.54) is 6.07 Å². The molecule has 0 amide bonds. The number of nitrogens with zero attached hydrogens (tertiary/aromatic N) is 2. The first kappa shape index (κ1) is 15.6. The van der Waals surface area contributed by atoms with Gasteiger partial charge >= 0.3 is 0 Å². The third kappa shape index (κ3) is 3.86. The van der Waals surface area contributed by atoms with Gasteiger partial charge in [-0.2, -0.15) is 0 Å². The van der Waals surface area contributed by atoms with Gasteiger partial charge in [-0.15, -0.1) is 0 Å². The van der Waals surface area contributed by atoms with E-state index in [1.54, 1.807) is 18.5 Å². The van der Waals surface area contributed by atoms with E-state index in [-0.39, 0.29) is 11.9 Å². The van der Waals surface area contributed by atoms with Crippen molar-refractivity contribution in [1.82, 2.24) is 9.88 Å². The lowest BCUT2D eigenvalue weighted by atomic mass is 10.0. The van der Waals surface area contributed by atoms with Gasteiger partial charge in [0.1, 0.15) is 5.82 Å². The summed E-state index contributed by atoms with van der Waals surface area (Å²) in [5.74, 6) is -0.191. The van der Waals surface area contributed by atoms with Crippen molar-refractivity contribution in [3.05, 3.63) is 65.2 Å². The Hall–Kier alpha value is -1.78. The van der Waals surface area contributed by atoms with Crippen molar-refractivity contribution in [2.75, 3.05) is 13.1 Å². The Kier molecular flexibility index (Phi) is 5.42. The molecule has 0 saturated carbocycles. The molecule has 0 aliphatic carbocycles. The molecule has 112 valence electrons. The molecule has 1 aromatic heterocycles. The summed E-state index contributed by atoms with van der Waals surface area (Å²) in [5, 5.41) is 0. The van der Waals surface area contributed by atoms with Crippen LogP contribution >= 0.6 is 0 Å². The molecule has 1 atom stereocenters. The highest BCUT2D eigenvalue weighted by Crippen LogP contribution is 2.25. The lowest BCUT2D eigenvalue weighted by molar-refractivity contribution is 0.199. The predicted molar refractivity (Wildman–Crippen MR) is 83.3 cm³/mol. The number of hydrogen-bond donors (Lipinski definition) is 1. The van der Waals surface area contributed by atoms with Crippen LogP contribution in [0.15, 0.2) is 42.7 Å². The summed E-state index contributed by atoms with van der Waals surface area (Å²) in [7, 11) is 0. The van der Waals surface area contributed by atoms with E-state index in [9.17, 15) is 4.39 Å². The predicted octanol–water partition coefficient (Wildman–Crippen LogP) is 3.05. The van der Waals surface area contributed by atoms with Crippen LogP contribution < -0.4 is 5.73 Å². The van der Waals surface area contributed by atoms with Crippen molar-refractivity contribution >= 4 is 0 Å². The van der Waals surface area contributed by atoms with Crippen molar-refractivity contribution in [2.45, 2.75) is 26.4 Å². The summed E-state index contributed by atoms with van der Waals surface area (Å²) in [6, 6.07) is 9.02. The molecule has 0 bridgehead atoms. The van der Waals surface area contributed by atoms with Gasteiger partial charge in [0, 0.05) is 31.0 Å². The summed E-state index contributed by atoms with van der Waals surface area (Å²) in [6.07, 6.45) is 3.54. The van der Waals surface area contributed by atoms with Gasteiger partial charge in [0.15, 0.2) is 0 Å². The molecule has 0 radical (unpaired) electrons. The van der Waals surface area contributed by atoms with Crippen molar-refractivity contribution in [3.63, 3.8) is 0 Å². The summed E-state index contributed by atoms with van der Waals surface area (Å²) >= 11 is 0. The fourth-order valence-electron chi connectivity index (χ4n) is 2.56. The van der Waals surface area contributed by atoms with Crippen LogP contribution in [-0.4, -0.2) is 23.0 Å². The molecule has 2 rings (SSSR count). The molecule has 0 spiro atoms. The minimum Gasteiger partial charge on any atom is -0.329 e. The summed E-state index contributed by atoms with van der Waals surface area (Å²) in [6.45, 7) is 5.96. The standard InChI is InChI=1S/C17H22FN3/c1-3-21(12-14-6-8-20-9-7-14)17(11-19)15-10-13(2)4-5-16(15)18/h4-10,17H,3,11-12,19H2,1-2H3. The first-order valence-electron chi connectivity index (χ1n) is 7.24. The maximum atomic E-state index is 14.1. The number of aromatic nitrogens is 1. The largest absolute Gasteiger partial charge is 0.329 e. The molecule has 4 heteroatoms. The molecule has 2 N–H and O–H groups in total. The minimum atomic E-state index is -0.191. The SMILES string of the molecule is CCN(Cc1ccncc1)C(CN)c1cc(C)ccc1F. The lowest BCUT2D eigenvalue weighted by Gasteiger charge is -2.30. The lowest BCUT2D eigenvalue weighted by Crippen LogP contribution is -2.34. The van der Waals surface area contributed by atoms with E-state index in [0.29, 0.717) is 12.1 Å². The average molecular weight is 287 g/mol. The third-order valence-corrected chi connectivity index (χ3v) is 3.72. The van der Waals surface area contributed by atoms with E-state index >= 15 is 0 Å². The van der Waals surface area contributed by atoms with Crippen molar-refractivity contribution < 1.29 is 4.39 Å². The van der Waals surface area contributed by atoms with Crippen LogP contribution in [0.3, 0.4) is 0 Å². The van der Waals surface area contributed by atoms with Gasteiger partial charge in [-0.05, 0) is 37.2 Å². The average Bonchev–Trinajstić information content (AvgIpc) is 2.51. The highest BCUT2D eigenvalue weighted by atomic mass is 19.1. The molecule has 0 aliphatic heterocycles. The number of nitrogens with two attached hydrogens (primary N) is 1. The highest BCUT2D eigenvalue weighted by Gasteiger charge is 2.21. The Labute approximate surface area is 125 Å². The molecule has 2 aromatic rings. The number of pyridine rings is 1. The van der Waals surface area contributed by atoms with Crippen LogP contribution in [0.2, 0.25) is 0 Å². The second-order valence-electron chi connectivity index (χ2n) is 5.20. The Balaban J connectivity index is 2.27. The number of hydrogen-bond acceptors (Lipinski definition) is 3. The Bertz CT molecular complexity index is 572. The van der Waals surface area contributed by atoms with E-state index in [1.807, 2.05) is 25.1 Å². The third-order valence-electron chi connectivity index (χ3n) is 3.72. The molecule has 1 heterocycles. The summed E-state index contributed by atoms with van der Waals surface area (Å²) in [4.78, 5) is 6.21. The van der Waals surface area contributed by atoms with Gasteiger partial charge in [0.05, 0.1) is 6.04 Å². The van der Waals surface area contributed by atoms with Crippen LogP contribution in [0.5, 0.6) is 0 Å². The van der Waals surface area contributed by atoms with Crippen LogP contribution in [0, 0.1) is 12.7 Å². The van der Waals surface area contributed by atoms with Gasteiger partial charge in [-0.1, -0.05) is 24.6 Å². The Morgan fingerprint density at radius 3 is 2.57 bits per heavy atom. The van der Waals surface area contributed by atoms with Crippen molar-refractivity contribution in [2.24, 2.45) is 5.73 Å². The molecule has 0 aliphatic rings. The molecule has 21 heavy (non-hydrogen) atoms. The summed E-state index contributed by atoms with van der Waals surface area (Å²) in [5.41, 5.74) is 8.81. The number of halogens is 1. The van der Waals surface area contributed by atoms with Gasteiger partial charge in [-0.25, -0.2) is 4.39 Å². The first-order chi connectivity index (χ1) is 10.2. The molecular formula is C17H22FN3. The molecule has 1 aromatic carbocycles. The van der Waals surface area contributed by atoms with Crippen LogP contribution in [0.4, 0.5) is 4.39 Å². The van der Waals surface area contributed by atoms with Crippen LogP contribution in [0.1, 0.15) is 29.7 Å². The molecular weight excluding hydrogens is 265 g/mol. The normalized spacial score (nSPS) is 12.6. The fraction of sp³-hybridized carbons (Fsp3) is 0.353. The second-order valence-corrected chi connectivity index (χ2v) is 5.20. The number of rotatable bonds is 6. The highest BCUT2D eigenvalue weighted by molar-refractivity contribution is 5.27. The van der Waals surface area contributed by atoms with Crippen molar-refractivity contribution in [3.8, 4) is 0 Å². The second kappa shape index (κ2) is 7.29. The van der Waals surface area contributed by atoms with E-state index in [0.717, 1.165) is 24.2 Å². The van der Waals surface area contributed by atoms with Gasteiger partial charge in [-0.3, -0.25) is 9.88 Å². The Morgan fingerprint density at radius 1 is 1.24 bits per heavy atom. The zero-order chi connectivity index (χ0) is 15.2. The van der Waals surface area contributed by atoms with Gasteiger partial charge < -0.3 is 5.73 Å². The van der Waals surface area contributed by atoms with Crippen molar-refractivity contribution in [1.29, 1.82) is 0 Å². The Morgan fingerprint density at radius 2 is 1.95 bits per heavy atom. The topological polar surface area (TPSA) is 42.2 Å². The first-order valence-corrected chi connectivity index (χ1v) is 7.24. The summed E-state index contributed by atoms with van der Waals surface area (Å²) < 4.78 is 14.1. The number of benzene rings is 1. The van der Waals surface area contributed by atoms with E-state index in [4.69, 9.17) is 5.73 Å². The monoisotopic (exact) mass is 287 g/mol. The van der Waals surface area contributed by atoms with Gasteiger partial charge in [0.25, 0.3) is 0 Å². The molecule has 1 unspecified atom stereocenters. The zero-order valence-corrected chi connectivity index (χ0v) is 12.6. The smallest absolute Gasteiger partial charge is 0.128 e. The molecule has 3 nitrogen and oxygen atoms in total. The van der Waals surface area contributed by atoms with E-state index in [2.05, 4.69) is 16.8 Å². The minimum absolute atomic E-state index is 0.122. The van der Waals surface area contributed by atoms with Crippen LogP contribution in [0.25, 0.3) is 0 Å². The van der Waals surface area contributed by atoms with Gasteiger partial charge in [0.2, 0.25) is 0 Å². The fourth-order valence-corrected chi connectivity index (χ4v) is 2.56. The molecule has 0 saturated heterocycles. The zero-order valence-electron chi connectivity index (χ0n) is 12.6. The van der Waals surface area contributed by atoms with E-state index < -0.39 is 0 Å². The van der Waals surface area contributed by atoms with Crippen LogP contribution in [-0.2, 0) is 6.54 Å². The maximum absolute atomic E-state index is 14.1. The quantitative estimate of drug-likeness (QED) is 0.888. The molecule has 0 fully saturated rings. The number of likely N-dealkylation sites (N-methyl/N-ethyl adjacent to an activating group) is 1.